The standard InChI is InChI=1S/C21H20F5NO10/c1-6(28)33-5-10-17(34-7(2)29)18(35-8(3)30)19(36-9(4)31)21(37-10)27-20(32)11-12(22)14(24)16(26)15(25)13(11)23/h10,17-19,21H,5H2,1-4H3,(H,27,32)/t10-,17-,18+,19-,21-/m1/s1. The molecule has 1 aliphatic heterocycles. The molecule has 0 saturated carbocycles. The van der Waals surface area contributed by atoms with E-state index in [-0.39, 0.29) is 0 Å². The predicted octanol–water partition coefficient (Wildman–Crippen LogP) is 1.19. The summed E-state index contributed by atoms with van der Waals surface area (Å²) in [4.78, 5) is 59.1. The smallest absolute Gasteiger partial charge is 0.303 e. The number of ether oxygens (including phenoxy) is 5. The first-order valence-electron chi connectivity index (χ1n) is 10.3. The van der Waals surface area contributed by atoms with E-state index in [1.54, 1.807) is 5.32 Å². The molecule has 11 nitrogen and oxygen atoms in total. The maximum atomic E-state index is 14.2. The van der Waals surface area contributed by atoms with E-state index in [1.165, 1.54) is 0 Å². The lowest BCUT2D eigenvalue weighted by molar-refractivity contribution is -0.255. The molecular formula is C21H20F5NO10. The first-order chi connectivity index (χ1) is 17.1. The molecule has 1 fully saturated rings. The molecule has 0 aromatic heterocycles. The second kappa shape index (κ2) is 11.9. The zero-order valence-corrected chi connectivity index (χ0v) is 19.6. The number of amides is 1. The van der Waals surface area contributed by atoms with E-state index in [1.807, 2.05) is 0 Å². The van der Waals surface area contributed by atoms with E-state index in [4.69, 9.17) is 23.7 Å². The number of rotatable bonds is 7. The molecular weight excluding hydrogens is 521 g/mol. The number of nitrogens with one attached hydrogen (secondary N) is 1. The van der Waals surface area contributed by atoms with Crippen molar-refractivity contribution in [2.75, 3.05) is 6.61 Å². The first-order valence-corrected chi connectivity index (χ1v) is 10.3. The summed E-state index contributed by atoms with van der Waals surface area (Å²) in [6.07, 6.45) is -8.83. The van der Waals surface area contributed by atoms with Gasteiger partial charge < -0.3 is 29.0 Å². The Morgan fingerprint density at radius 1 is 0.676 bits per heavy atom. The van der Waals surface area contributed by atoms with Gasteiger partial charge in [0.1, 0.15) is 18.3 Å². The highest BCUT2D eigenvalue weighted by atomic mass is 19.2. The second-order valence-electron chi connectivity index (χ2n) is 7.54. The molecule has 1 N–H and O–H groups in total. The Hall–Kier alpha value is -3.82. The highest BCUT2D eigenvalue weighted by molar-refractivity contribution is 5.95. The molecule has 1 aromatic carbocycles. The molecule has 204 valence electrons. The van der Waals surface area contributed by atoms with Gasteiger partial charge in [-0.1, -0.05) is 0 Å². The van der Waals surface area contributed by atoms with Gasteiger partial charge in [0.25, 0.3) is 5.91 Å². The van der Waals surface area contributed by atoms with Crippen molar-refractivity contribution in [3.05, 3.63) is 34.6 Å². The van der Waals surface area contributed by atoms with Crippen molar-refractivity contribution < 1.29 is 69.6 Å². The van der Waals surface area contributed by atoms with E-state index in [9.17, 15) is 45.9 Å². The van der Waals surface area contributed by atoms with Crippen LogP contribution in [0.25, 0.3) is 0 Å². The fourth-order valence-electron chi connectivity index (χ4n) is 3.35. The fraction of sp³-hybridized carbons (Fsp3) is 0.476. The molecule has 1 saturated heterocycles. The first kappa shape index (κ1) is 29.4. The Bertz CT molecular complexity index is 1080. The SMILES string of the molecule is CC(=O)OC[C@H]1O[C@@H](NC(=O)c2c(F)c(F)c(F)c(F)c2F)[C@H](OC(C)=O)[C@@H](OC(C)=O)[C@@H]1OC(C)=O. The van der Waals surface area contributed by atoms with Crippen molar-refractivity contribution >= 4 is 29.8 Å². The van der Waals surface area contributed by atoms with Gasteiger partial charge in [-0.15, -0.1) is 0 Å². The summed E-state index contributed by atoms with van der Waals surface area (Å²) in [6.45, 7) is 3.03. The monoisotopic (exact) mass is 541 g/mol. The molecule has 0 aliphatic carbocycles. The van der Waals surface area contributed by atoms with Gasteiger partial charge in [0.15, 0.2) is 47.8 Å². The van der Waals surface area contributed by atoms with E-state index >= 15 is 0 Å². The number of carbonyl (C=O) groups is 5. The molecule has 1 aromatic rings. The maximum Gasteiger partial charge on any atom is 0.303 e. The van der Waals surface area contributed by atoms with Gasteiger partial charge in [-0.2, -0.15) is 0 Å². The summed E-state index contributed by atoms with van der Waals surface area (Å²) in [5, 5.41) is 1.79. The molecule has 37 heavy (non-hydrogen) atoms. The van der Waals surface area contributed by atoms with Crippen molar-refractivity contribution in [2.24, 2.45) is 0 Å². The minimum atomic E-state index is -2.51. The number of hydrogen-bond donors (Lipinski definition) is 1. The van der Waals surface area contributed by atoms with Gasteiger partial charge >= 0.3 is 23.9 Å². The third-order valence-electron chi connectivity index (χ3n) is 4.70. The Morgan fingerprint density at radius 3 is 1.57 bits per heavy atom. The average molecular weight is 541 g/mol. The van der Waals surface area contributed by atoms with Crippen LogP contribution in [0.2, 0.25) is 0 Å². The van der Waals surface area contributed by atoms with Crippen molar-refractivity contribution in [3.63, 3.8) is 0 Å². The molecule has 1 heterocycles. The summed E-state index contributed by atoms with van der Waals surface area (Å²) in [7, 11) is 0. The Kier molecular flexibility index (Phi) is 9.49. The molecule has 2 rings (SSSR count). The molecule has 16 heteroatoms. The normalized spacial score (nSPS) is 23.0. The van der Waals surface area contributed by atoms with Crippen LogP contribution in [0.15, 0.2) is 0 Å². The van der Waals surface area contributed by atoms with Gasteiger partial charge in [0.05, 0.1) is 0 Å². The predicted molar refractivity (Wildman–Crippen MR) is 106 cm³/mol. The number of carbonyl (C=O) groups excluding carboxylic acids is 5. The van der Waals surface area contributed by atoms with E-state index < -0.39 is 102 Å². The molecule has 1 aliphatic rings. The number of esters is 4. The fourth-order valence-corrected chi connectivity index (χ4v) is 3.35. The van der Waals surface area contributed by atoms with Crippen LogP contribution in [0.1, 0.15) is 38.1 Å². The lowest BCUT2D eigenvalue weighted by atomic mass is 9.97. The summed E-state index contributed by atoms with van der Waals surface area (Å²) in [5.74, 6) is -18.1. The van der Waals surface area contributed by atoms with Crippen LogP contribution in [0.5, 0.6) is 0 Å². The minimum absolute atomic E-state index is 0.702. The lowest BCUT2D eigenvalue weighted by Gasteiger charge is -2.44. The van der Waals surface area contributed by atoms with E-state index in [0.29, 0.717) is 0 Å². The van der Waals surface area contributed by atoms with Crippen molar-refractivity contribution in [3.8, 4) is 0 Å². The summed E-state index contributed by atoms with van der Waals surface area (Å²) >= 11 is 0. The average Bonchev–Trinajstić information content (AvgIpc) is 2.78. The van der Waals surface area contributed by atoms with Crippen molar-refractivity contribution in [1.82, 2.24) is 5.32 Å². The lowest BCUT2D eigenvalue weighted by Crippen LogP contribution is -2.66. The van der Waals surface area contributed by atoms with E-state index in [2.05, 4.69) is 0 Å². The van der Waals surface area contributed by atoms with Crippen LogP contribution in [-0.2, 0) is 42.9 Å². The van der Waals surface area contributed by atoms with E-state index in [0.717, 1.165) is 27.7 Å². The largest absolute Gasteiger partial charge is 0.463 e. The highest BCUT2D eigenvalue weighted by Gasteiger charge is 2.53. The summed E-state index contributed by atoms with van der Waals surface area (Å²) in [5.41, 5.74) is -1.90. The second-order valence-corrected chi connectivity index (χ2v) is 7.54. The van der Waals surface area contributed by atoms with Gasteiger partial charge in [0, 0.05) is 27.7 Å². The maximum absolute atomic E-state index is 14.2. The highest BCUT2D eigenvalue weighted by Crippen LogP contribution is 2.29. The van der Waals surface area contributed by atoms with Gasteiger partial charge in [-0.25, -0.2) is 22.0 Å². The minimum Gasteiger partial charge on any atom is -0.463 e. The third kappa shape index (κ3) is 6.90. The number of benzene rings is 1. The third-order valence-corrected chi connectivity index (χ3v) is 4.70. The zero-order chi connectivity index (χ0) is 28.2. The van der Waals surface area contributed by atoms with Crippen LogP contribution >= 0.6 is 0 Å². The molecule has 0 unspecified atom stereocenters. The van der Waals surface area contributed by atoms with Crippen LogP contribution in [-0.4, -0.2) is 67.0 Å². The molecule has 0 spiro atoms. The molecule has 0 radical (unpaired) electrons. The Labute approximate surface area is 205 Å². The molecule has 1 amide bonds. The Balaban J connectivity index is 2.57. The number of halogens is 5. The van der Waals surface area contributed by atoms with Crippen molar-refractivity contribution in [1.29, 1.82) is 0 Å². The number of hydrogen-bond acceptors (Lipinski definition) is 10. The molecule has 0 bridgehead atoms. The van der Waals surface area contributed by atoms with Crippen LogP contribution in [0, 0.1) is 29.1 Å². The molecule has 5 atom stereocenters. The van der Waals surface area contributed by atoms with Crippen LogP contribution in [0.3, 0.4) is 0 Å². The Morgan fingerprint density at radius 2 is 1.11 bits per heavy atom. The summed E-state index contributed by atoms with van der Waals surface area (Å²) in [6, 6.07) is 0. The van der Waals surface area contributed by atoms with Crippen molar-refractivity contribution in [2.45, 2.75) is 58.3 Å². The van der Waals surface area contributed by atoms with Gasteiger partial charge in [-0.05, 0) is 0 Å². The van der Waals surface area contributed by atoms with Crippen LogP contribution < -0.4 is 5.32 Å². The quantitative estimate of drug-likeness (QED) is 0.176. The topological polar surface area (TPSA) is 144 Å². The van der Waals surface area contributed by atoms with Gasteiger partial charge in [0.2, 0.25) is 5.82 Å². The summed E-state index contributed by atoms with van der Waals surface area (Å²) < 4.78 is 94.4. The zero-order valence-electron chi connectivity index (χ0n) is 19.6. The van der Waals surface area contributed by atoms with Crippen LogP contribution in [0.4, 0.5) is 22.0 Å². The van der Waals surface area contributed by atoms with Gasteiger partial charge in [-0.3, -0.25) is 24.0 Å².